The minimum Gasteiger partial charge on any atom is -0.294 e. The molecule has 1 heterocycles. The molecule has 0 saturated carbocycles. The van der Waals surface area contributed by atoms with Crippen molar-refractivity contribution in [2.24, 2.45) is 0 Å². The fraction of sp³-hybridized carbons (Fsp3) is 0.250. The number of hydrogen-bond acceptors (Lipinski definition) is 4. The number of carbonyl (C=O) groups excluding carboxylic acids is 1. The van der Waals surface area contributed by atoms with Gasteiger partial charge in [0, 0.05) is 21.8 Å². The lowest BCUT2D eigenvalue weighted by Gasteiger charge is -2.24. The van der Waals surface area contributed by atoms with Gasteiger partial charge in [-0.2, -0.15) is 0 Å². The van der Waals surface area contributed by atoms with Crippen LogP contribution in [0.3, 0.4) is 0 Å². The number of benzene rings is 1. The second kappa shape index (κ2) is 7.51. The summed E-state index contributed by atoms with van der Waals surface area (Å²) in [5, 5.41) is 0.683. The number of hydrogen-bond donors (Lipinski definition) is 0. The number of anilines is 1. The summed E-state index contributed by atoms with van der Waals surface area (Å²) in [5.74, 6) is -0.184. The highest BCUT2D eigenvalue weighted by atomic mass is 35.5. The van der Waals surface area contributed by atoms with E-state index in [0.717, 1.165) is 0 Å². The molecule has 8 heteroatoms. The molecular weight excluding hydrogens is 371 g/mol. The SMILES string of the molecule is CCS(=O)(=O)N(Cc1ccc(C(C)=O)cn1)c1cc(Cl)cc(Cl)c1. The molecule has 1 aromatic carbocycles. The van der Waals surface area contributed by atoms with Crippen molar-refractivity contribution in [1.29, 1.82) is 0 Å². The third kappa shape index (κ3) is 4.47. The molecule has 2 rings (SSSR count). The predicted octanol–water partition coefficient (Wildman–Crippen LogP) is 3.95. The van der Waals surface area contributed by atoms with Crippen LogP contribution in [0.15, 0.2) is 36.5 Å². The van der Waals surface area contributed by atoms with Crippen molar-refractivity contribution in [2.45, 2.75) is 20.4 Å². The van der Waals surface area contributed by atoms with E-state index in [1.165, 1.54) is 35.6 Å². The lowest BCUT2D eigenvalue weighted by molar-refractivity contribution is 0.101. The Kier molecular flexibility index (Phi) is 5.85. The highest BCUT2D eigenvalue weighted by Crippen LogP contribution is 2.28. The van der Waals surface area contributed by atoms with Crippen LogP contribution < -0.4 is 4.31 Å². The van der Waals surface area contributed by atoms with E-state index in [-0.39, 0.29) is 18.1 Å². The summed E-state index contributed by atoms with van der Waals surface area (Å²) >= 11 is 12.0. The summed E-state index contributed by atoms with van der Waals surface area (Å²) in [7, 11) is -3.56. The predicted molar refractivity (Wildman–Crippen MR) is 96.3 cm³/mol. The van der Waals surface area contributed by atoms with Gasteiger partial charge in [-0.1, -0.05) is 23.2 Å². The number of Topliss-reactive ketones (excluding diaryl/α,β-unsaturated/α-hetero) is 1. The number of carbonyl (C=O) groups is 1. The second-order valence-corrected chi connectivity index (χ2v) is 8.18. The Labute approximate surface area is 151 Å². The zero-order chi connectivity index (χ0) is 17.9. The summed E-state index contributed by atoms with van der Waals surface area (Å²) in [6.07, 6.45) is 1.43. The smallest absolute Gasteiger partial charge is 0.235 e. The Bertz CT molecular complexity index is 832. The fourth-order valence-corrected chi connectivity index (χ4v) is 3.64. The first kappa shape index (κ1) is 18.7. The zero-order valence-electron chi connectivity index (χ0n) is 13.2. The van der Waals surface area contributed by atoms with E-state index in [1.807, 2.05) is 0 Å². The van der Waals surface area contributed by atoms with Gasteiger partial charge in [0.25, 0.3) is 0 Å². The van der Waals surface area contributed by atoms with Gasteiger partial charge in [-0.3, -0.25) is 14.1 Å². The quantitative estimate of drug-likeness (QED) is 0.704. The Morgan fingerprint density at radius 1 is 1.17 bits per heavy atom. The van der Waals surface area contributed by atoms with Crippen molar-refractivity contribution in [2.75, 3.05) is 10.1 Å². The highest BCUT2D eigenvalue weighted by molar-refractivity contribution is 7.92. The summed E-state index contributed by atoms with van der Waals surface area (Å²) in [4.78, 5) is 15.5. The van der Waals surface area contributed by atoms with E-state index in [1.54, 1.807) is 19.1 Å². The van der Waals surface area contributed by atoms with E-state index in [2.05, 4.69) is 4.98 Å². The van der Waals surface area contributed by atoms with Crippen molar-refractivity contribution in [3.8, 4) is 0 Å². The van der Waals surface area contributed by atoms with Crippen LogP contribution in [0.25, 0.3) is 0 Å². The number of pyridine rings is 1. The van der Waals surface area contributed by atoms with Gasteiger partial charge in [-0.15, -0.1) is 0 Å². The van der Waals surface area contributed by atoms with Crippen LogP contribution in [-0.2, 0) is 16.6 Å². The number of halogens is 2. The minimum atomic E-state index is -3.56. The summed E-state index contributed by atoms with van der Waals surface area (Å²) in [6, 6.07) is 7.84. The number of ketones is 1. The molecule has 0 aliphatic carbocycles. The van der Waals surface area contributed by atoms with Crippen LogP contribution >= 0.6 is 23.2 Å². The first-order valence-electron chi connectivity index (χ1n) is 7.15. The molecule has 128 valence electrons. The Morgan fingerprint density at radius 3 is 2.25 bits per heavy atom. The molecule has 0 bridgehead atoms. The molecule has 2 aromatic rings. The standard InChI is InChI=1S/C16H16Cl2N2O3S/c1-3-24(22,23)20(16-7-13(17)6-14(18)8-16)10-15-5-4-12(9-19-15)11(2)21/h4-9H,3,10H2,1-2H3. The van der Waals surface area contributed by atoms with Crippen LogP contribution in [0, 0.1) is 0 Å². The molecule has 0 aliphatic rings. The minimum absolute atomic E-state index is 0.0189. The number of rotatable bonds is 6. The lowest BCUT2D eigenvalue weighted by Crippen LogP contribution is -2.32. The van der Waals surface area contributed by atoms with Crippen LogP contribution in [0.1, 0.15) is 29.9 Å². The van der Waals surface area contributed by atoms with Crippen molar-refractivity contribution in [3.05, 3.63) is 57.8 Å². The molecule has 5 nitrogen and oxygen atoms in total. The molecule has 0 spiro atoms. The average molecular weight is 387 g/mol. The van der Waals surface area contributed by atoms with Crippen molar-refractivity contribution < 1.29 is 13.2 Å². The molecule has 0 N–H and O–H groups in total. The van der Waals surface area contributed by atoms with Gasteiger partial charge >= 0.3 is 0 Å². The van der Waals surface area contributed by atoms with Gasteiger partial charge in [0.2, 0.25) is 10.0 Å². The van der Waals surface area contributed by atoms with Gasteiger partial charge in [-0.05, 0) is 44.2 Å². The second-order valence-electron chi connectivity index (χ2n) is 5.13. The number of aromatic nitrogens is 1. The zero-order valence-corrected chi connectivity index (χ0v) is 15.5. The van der Waals surface area contributed by atoms with E-state index in [0.29, 0.717) is 27.0 Å². The fourth-order valence-electron chi connectivity index (χ4n) is 2.06. The average Bonchev–Trinajstić information content (AvgIpc) is 2.51. The summed E-state index contributed by atoms with van der Waals surface area (Å²) < 4.78 is 26.1. The Balaban J connectivity index is 2.42. The van der Waals surface area contributed by atoms with Gasteiger partial charge < -0.3 is 0 Å². The molecule has 24 heavy (non-hydrogen) atoms. The molecule has 0 atom stereocenters. The lowest BCUT2D eigenvalue weighted by atomic mass is 10.2. The van der Waals surface area contributed by atoms with Crippen molar-refractivity contribution >= 4 is 44.7 Å². The maximum atomic E-state index is 12.5. The van der Waals surface area contributed by atoms with Gasteiger partial charge in [0.15, 0.2) is 5.78 Å². The normalized spacial score (nSPS) is 11.3. The molecule has 0 amide bonds. The molecule has 0 radical (unpaired) electrons. The van der Waals surface area contributed by atoms with Crippen molar-refractivity contribution in [3.63, 3.8) is 0 Å². The monoisotopic (exact) mass is 386 g/mol. The maximum absolute atomic E-state index is 12.5. The van der Waals surface area contributed by atoms with E-state index >= 15 is 0 Å². The summed E-state index contributed by atoms with van der Waals surface area (Å²) in [6.45, 7) is 3.02. The summed E-state index contributed by atoms with van der Waals surface area (Å²) in [5.41, 5.74) is 1.34. The van der Waals surface area contributed by atoms with Crippen LogP contribution in [-0.4, -0.2) is 24.9 Å². The largest absolute Gasteiger partial charge is 0.294 e. The molecular formula is C16H16Cl2N2O3S. The van der Waals surface area contributed by atoms with Crippen LogP contribution in [0.2, 0.25) is 10.0 Å². The Morgan fingerprint density at radius 2 is 1.79 bits per heavy atom. The highest BCUT2D eigenvalue weighted by Gasteiger charge is 2.22. The number of nitrogens with zero attached hydrogens (tertiary/aromatic N) is 2. The van der Waals surface area contributed by atoms with Crippen LogP contribution in [0.4, 0.5) is 5.69 Å². The molecule has 0 saturated heterocycles. The molecule has 0 aliphatic heterocycles. The molecule has 0 fully saturated rings. The van der Waals surface area contributed by atoms with Crippen molar-refractivity contribution in [1.82, 2.24) is 4.98 Å². The van der Waals surface area contributed by atoms with Gasteiger partial charge in [-0.25, -0.2) is 8.42 Å². The maximum Gasteiger partial charge on any atom is 0.235 e. The third-order valence-electron chi connectivity index (χ3n) is 3.37. The van der Waals surface area contributed by atoms with E-state index < -0.39 is 10.0 Å². The first-order valence-corrected chi connectivity index (χ1v) is 9.52. The van der Waals surface area contributed by atoms with Crippen LogP contribution in [0.5, 0.6) is 0 Å². The van der Waals surface area contributed by atoms with Gasteiger partial charge in [0.1, 0.15) is 0 Å². The molecule has 1 aromatic heterocycles. The van der Waals surface area contributed by atoms with Gasteiger partial charge in [0.05, 0.1) is 23.7 Å². The first-order chi connectivity index (χ1) is 11.2. The van der Waals surface area contributed by atoms with E-state index in [9.17, 15) is 13.2 Å². The Hall–Kier alpha value is -1.63. The third-order valence-corrected chi connectivity index (χ3v) is 5.55. The molecule has 0 unspecified atom stereocenters. The van der Waals surface area contributed by atoms with E-state index in [4.69, 9.17) is 23.2 Å². The number of sulfonamides is 1. The topological polar surface area (TPSA) is 67.3 Å².